The third-order valence-electron chi connectivity index (χ3n) is 5.30. The van der Waals surface area contributed by atoms with Gasteiger partial charge in [-0.25, -0.2) is 4.98 Å². The van der Waals surface area contributed by atoms with Gasteiger partial charge in [-0.3, -0.25) is 9.78 Å². The highest BCUT2D eigenvalue weighted by Crippen LogP contribution is 2.19. The first-order chi connectivity index (χ1) is 15.0. The second kappa shape index (κ2) is 10.7. The van der Waals surface area contributed by atoms with Crippen LogP contribution < -0.4 is 5.73 Å². The quantitative estimate of drug-likeness (QED) is 0.432. The molecule has 0 aliphatic carbocycles. The molecule has 1 unspecified atom stereocenters. The zero-order valence-corrected chi connectivity index (χ0v) is 18.0. The molecule has 0 aliphatic heterocycles. The summed E-state index contributed by atoms with van der Waals surface area (Å²) in [6.45, 7) is 6.50. The average molecular weight is 417 g/mol. The summed E-state index contributed by atoms with van der Waals surface area (Å²) < 4.78 is 0. The molecule has 3 aromatic rings. The summed E-state index contributed by atoms with van der Waals surface area (Å²) in [6.07, 6.45) is 3.62. The molecular weight excluding hydrogens is 388 g/mol. The molecule has 0 fully saturated rings. The summed E-state index contributed by atoms with van der Waals surface area (Å²) in [5.41, 5.74) is 8.80. The van der Waals surface area contributed by atoms with Crippen LogP contribution in [0.4, 0.5) is 5.82 Å². The Morgan fingerprint density at radius 1 is 1.13 bits per heavy atom. The molecule has 0 spiro atoms. The van der Waals surface area contributed by atoms with Crippen molar-refractivity contribution in [1.82, 2.24) is 14.9 Å². The van der Waals surface area contributed by atoms with E-state index in [-0.39, 0.29) is 5.78 Å². The van der Waals surface area contributed by atoms with E-state index in [0.717, 1.165) is 29.6 Å². The number of Topliss-reactive ketones (excluding diaryl/α,β-unsaturated/α-hetero) is 1. The highest BCUT2D eigenvalue weighted by Gasteiger charge is 2.12. The minimum Gasteiger partial charge on any atom is -0.392 e. The Morgan fingerprint density at radius 2 is 1.87 bits per heavy atom. The van der Waals surface area contributed by atoms with Crippen LogP contribution in [0.1, 0.15) is 48.2 Å². The van der Waals surface area contributed by atoms with Crippen LogP contribution in [0, 0.1) is 11.8 Å². The highest BCUT2D eigenvalue weighted by atomic mass is 16.3. The number of pyridine rings is 2. The lowest BCUT2D eigenvalue weighted by Gasteiger charge is -2.21. The molecular formula is C25H28N4O2. The fourth-order valence-electron chi connectivity index (χ4n) is 3.38. The first-order valence-electron chi connectivity index (χ1n) is 10.6. The number of anilines is 1. The van der Waals surface area contributed by atoms with Gasteiger partial charge in [-0.15, -0.1) is 0 Å². The second-order valence-corrected chi connectivity index (χ2v) is 7.38. The summed E-state index contributed by atoms with van der Waals surface area (Å²) in [7, 11) is 0. The first-order valence-corrected chi connectivity index (χ1v) is 10.6. The van der Waals surface area contributed by atoms with Gasteiger partial charge in [-0.2, -0.15) is 0 Å². The van der Waals surface area contributed by atoms with Gasteiger partial charge in [0.05, 0.1) is 23.4 Å². The smallest absolute Gasteiger partial charge is 0.162 e. The van der Waals surface area contributed by atoms with Crippen molar-refractivity contribution in [2.45, 2.75) is 32.8 Å². The summed E-state index contributed by atoms with van der Waals surface area (Å²) in [5.74, 6) is 6.56. The van der Waals surface area contributed by atoms with E-state index in [0.29, 0.717) is 36.3 Å². The number of carbonyl (C=O) groups is 1. The van der Waals surface area contributed by atoms with Crippen LogP contribution in [0.25, 0.3) is 10.9 Å². The standard InChI is InChI=1S/C25H28N4O2/c1-3-29(4-2)17-20(30)12-14-24(31)19-10-7-18(8-11-19)9-13-22-21-6-5-15-27-23(21)16-28-25(22)26/h5-8,10-11,15-16,20,30H,3-4,12,14,17H2,1-2H3,(H2,26,28). The third kappa shape index (κ3) is 5.88. The van der Waals surface area contributed by atoms with E-state index in [1.54, 1.807) is 24.5 Å². The number of hydrogen-bond acceptors (Lipinski definition) is 6. The average Bonchev–Trinajstić information content (AvgIpc) is 2.80. The van der Waals surface area contributed by atoms with Gasteiger partial charge in [-0.05, 0) is 43.8 Å². The first kappa shape index (κ1) is 22.4. The van der Waals surface area contributed by atoms with Crippen molar-refractivity contribution >= 4 is 22.5 Å². The van der Waals surface area contributed by atoms with Gasteiger partial charge in [0.2, 0.25) is 0 Å². The van der Waals surface area contributed by atoms with E-state index in [4.69, 9.17) is 5.73 Å². The van der Waals surface area contributed by atoms with Crippen molar-refractivity contribution in [3.63, 3.8) is 0 Å². The lowest BCUT2D eigenvalue weighted by atomic mass is 10.0. The zero-order chi connectivity index (χ0) is 22.2. The number of ketones is 1. The van der Waals surface area contributed by atoms with Crippen LogP contribution in [0.2, 0.25) is 0 Å². The molecule has 2 aromatic heterocycles. The number of aliphatic hydroxyl groups is 1. The normalized spacial score (nSPS) is 11.9. The molecule has 0 saturated heterocycles. The van der Waals surface area contributed by atoms with E-state index >= 15 is 0 Å². The number of aliphatic hydroxyl groups excluding tert-OH is 1. The Hall–Kier alpha value is -3.27. The number of rotatable bonds is 8. The van der Waals surface area contributed by atoms with Gasteiger partial charge < -0.3 is 15.7 Å². The van der Waals surface area contributed by atoms with Gasteiger partial charge in [0.15, 0.2) is 5.78 Å². The lowest BCUT2D eigenvalue weighted by molar-refractivity contribution is 0.0877. The van der Waals surface area contributed by atoms with E-state index in [1.807, 2.05) is 24.3 Å². The summed E-state index contributed by atoms with van der Waals surface area (Å²) in [5, 5.41) is 11.0. The van der Waals surface area contributed by atoms with Gasteiger partial charge in [0.25, 0.3) is 0 Å². The number of carbonyl (C=O) groups excluding carboxylic acids is 1. The van der Waals surface area contributed by atoms with Gasteiger partial charge in [-0.1, -0.05) is 37.8 Å². The number of benzene rings is 1. The van der Waals surface area contributed by atoms with Crippen molar-refractivity contribution in [3.05, 3.63) is 65.5 Å². The molecule has 0 aliphatic rings. The number of nitrogens with two attached hydrogens (primary N) is 1. The van der Waals surface area contributed by atoms with Gasteiger partial charge in [0.1, 0.15) is 5.82 Å². The van der Waals surface area contributed by atoms with E-state index in [1.165, 1.54) is 0 Å². The summed E-state index contributed by atoms with van der Waals surface area (Å²) >= 11 is 0. The Kier molecular flexibility index (Phi) is 7.71. The maximum atomic E-state index is 12.5. The van der Waals surface area contributed by atoms with Crippen LogP contribution in [0.5, 0.6) is 0 Å². The number of hydrogen-bond donors (Lipinski definition) is 2. The number of nitrogen functional groups attached to an aromatic ring is 1. The van der Waals surface area contributed by atoms with Crippen molar-refractivity contribution < 1.29 is 9.90 Å². The van der Waals surface area contributed by atoms with Gasteiger partial charge in [0, 0.05) is 35.7 Å². The fraction of sp³-hybridized carbons (Fsp3) is 0.320. The fourth-order valence-corrected chi connectivity index (χ4v) is 3.38. The molecule has 1 aromatic carbocycles. The topological polar surface area (TPSA) is 92.3 Å². The highest BCUT2D eigenvalue weighted by molar-refractivity contribution is 5.96. The minimum atomic E-state index is -0.497. The molecule has 0 amide bonds. The maximum Gasteiger partial charge on any atom is 0.162 e. The van der Waals surface area contributed by atoms with E-state index in [9.17, 15) is 9.90 Å². The molecule has 3 N–H and O–H groups in total. The molecule has 0 radical (unpaired) electrons. The lowest BCUT2D eigenvalue weighted by Crippen LogP contribution is -2.32. The Morgan fingerprint density at radius 3 is 2.58 bits per heavy atom. The Bertz CT molecular complexity index is 1100. The van der Waals surface area contributed by atoms with E-state index in [2.05, 4.69) is 40.6 Å². The van der Waals surface area contributed by atoms with Crippen molar-refractivity contribution in [2.75, 3.05) is 25.4 Å². The monoisotopic (exact) mass is 416 g/mol. The predicted octanol–water partition coefficient (Wildman–Crippen LogP) is 3.28. The molecule has 6 heteroatoms. The largest absolute Gasteiger partial charge is 0.392 e. The van der Waals surface area contributed by atoms with Crippen LogP contribution in [-0.4, -0.2) is 51.5 Å². The van der Waals surface area contributed by atoms with E-state index < -0.39 is 6.10 Å². The molecule has 2 heterocycles. The number of aromatic nitrogens is 2. The van der Waals surface area contributed by atoms with Gasteiger partial charge >= 0.3 is 0 Å². The zero-order valence-electron chi connectivity index (χ0n) is 18.0. The van der Waals surface area contributed by atoms with Crippen molar-refractivity contribution in [2.24, 2.45) is 0 Å². The number of nitrogens with zero attached hydrogens (tertiary/aromatic N) is 3. The molecule has 6 nitrogen and oxygen atoms in total. The molecule has 1 atom stereocenters. The van der Waals surface area contributed by atoms with Crippen LogP contribution in [-0.2, 0) is 0 Å². The Labute approximate surface area is 183 Å². The number of likely N-dealkylation sites (N-methyl/N-ethyl adjacent to an activating group) is 1. The summed E-state index contributed by atoms with van der Waals surface area (Å²) in [4.78, 5) is 23.1. The second-order valence-electron chi connectivity index (χ2n) is 7.38. The van der Waals surface area contributed by atoms with Crippen molar-refractivity contribution in [1.29, 1.82) is 0 Å². The summed E-state index contributed by atoms with van der Waals surface area (Å²) in [6, 6.07) is 10.9. The Balaban J connectivity index is 1.65. The molecule has 0 saturated carbocycles. The molecule has 31 heavy (non-hydrogen) atoms. The minimum absolute atomic E-state index is 0.0201. The van der Waals surface area contributed by atoms with Crippen LogP contribution in [0.15, 0.2) is 48.8 Å². The predicted molar refractivity (Wildman–Crippen MR) is 124 cm³/mol. The van der Waals surface area contributed by atoms with Crippen LogP contribution >= 0.6 is 0 Å². The molecule has 0 bridgehead atoms. The van der Waals surface area contributed by atoms with Crippen molar-refractivity contribution in [3.8, 4) is 11.8 Å². The maximum absolute atomic E-state index is 12.5. The SMILES string of the molecule is CCN(CC)CC(O)CCC(=O)c1ccc(C#Cc2c(N)ncc3ncccc23)cc1. The van der Waals surface area contributed by atoms with Crippen LogP contribution in [0.3, 0.4) is 0 Å². The third-order valence-corrected chi connectivity index (χ3v) is 5.30. The molecule has 160 valence electrons. The number of fused-ring (bicyclic) bond motifs is 1. The molecule has 3 rings (SSSR count).